The van der Waals surface area contributed by atoms with E-state index in [-0.39, 0.29) is 10.8 Å². The Labute approximate surface area is 203 Å². The predicted octanol–water partition coefficient (Wildman–Crippen LogP) is 5.46. The molecule has 0 N–H and O–H groups in total. The van der Waals surface area contributed by atoms with Crippen LogP contribution in [0, 0.1) is 6.92 Å². The monoisotopic (exact) mass is 492 g/mol. The molecule has 8 heteroatoms. The molecule has 6 nitrogen and oxygen atoms in total. The van der Waals surface area contributed by atoms with Crippen LogP contribution in [0.25, 0.3) is 10.1 Å². The van der Waals surface area contributed by atoms with Crippen molar-refractivity contribution in [3.8, 4) is 5.75 Å². The van der Waals surface area contributed by atoms with Gasteiger partial charge in [-0.2, -0.15) is 0 Å². The van der Waals surface area contributed by atoms with Crippen LogP contribution >= 0.6 is 11.3 Å². The van der Waals surface area contributed by atoms with Crippen molar-refractivity contribution in [3.05, 3.63) is 83.2 Å². The zero-order valence-electron chi connectivity index (χ0n) is 18.9. The number of amides is 1. The predicted molar refractivity (Wildman–Crippen MR) is 137 cm³/mol. The van der Waals surface area contributed by atoms with Crippen LogP contribution in [-0.4, -0.2) is 34.0 Å². The van der Waals surface area contributed by atoms with Crippen molar-refractivity contribution in [2.75, 3.05) is 28.9 Å². The van der Waals surface area contributed by atoms with E-state index in [0.29, 0.717) is 36.0 Å². The smallest absolute Gasteiger partial charge is 0.268 e. The van der Waals surface area contributed by atoms with Gasteiger partial charge in [0.2, 0.25) is 0 Å². The molecule has 0 radical (unpaired) electrons. The van der Waals surface area contributed by atoms with Gasteiger partial charge >= 0.3 is 0 Å². The highest BCUT2D eigenvalue weighted by atomic mass is 32.2. The fourth-order valence-electron chi connectivity index (χ4n) is 4.13. The summed E-state index contributed by atoms with van der Waals surface area (Å²) in [5, 5.41) is 0.838. The fourth-order valence-corrected chi connectivity index (χ4v) is 6.59. The molecule has 0 atom stereocenters. The van der Waals surface area contributed by atoms with Crippen molar-refractivity contribution < 1.29 is 17.9 Å². The van der Waals surface area contributed by atoms with Crippen molar-refractivity contribution in [2.45, 2.75) is 18.7 Å². The van der Waals surface area contributed by atoms with Crippen LogP contribution in [-0.2, 0) is 10.0 Å². The summed E-state index contributed by atoms with van der Waals surface area (Å²) in [5.74, 6) is 0.614. The molecule has 1 aromatic heterocycles. The summed E-state index contributed by atoms with van der Waals surface area (Å²) in [5.41, 5.74) is 2.34. The minimum absolute atomic E-state index is 0.0851. The van der Waals surface area contributed by atoms with Crippen LogP contribution in [0.15, 0.2) is 77.7 Å². The molecule has 3 aromatic carbocycles. The third-order valence-electron chi connectivity index (χ3n) is 5.87. The van der Waals surface area contributed by atoms with E-state index in [2.05, 4.69) is 0 Å². The van der Waals surface area contributed by atoms with E-state index in [4.69, 9.17) is 4.74 Å². The molecular formula is C26H24N2O4S2. The normalized spacial score (nSPS) is 13.4. The van der Waals surface area contributed by atoms with Crippen molar-refractivity contribution in [2.24, 2.45) is 0 Å². The molecule has 0 saturated heterocycles. The zero-order valence-corrected chi connectivity index (χ0v) is 20.5. The molecule has 0 saturated carbocycles. The minimum atomic E-state index is -3.70. The summed E-state index contributed by atoms with van der Waals surface area (Å²) in [6.07, 6.45) is 0. The van der Waals surface area contributed by atoms with Gasteiger partial charge in [0.15, 0.2) is 0 Å². The highest BCUT2D eigenvalue weighted by molar-refractivity contribution is 7.92. The lowest BCUT2D eigenvalue weighted by Crippen LogP contribution is -2.37. The van der Waals surface area contributed by atoms with Gasteiger partial charge in [0.1, 0.15) is 12.4 Å². The lowest BCUT2D eigenvalue weighted by molar-refractivity contribution is 0.0980. The second-order valence-corrected chi connectivity index (χ2v) is 11.0. The van der Waals surface area contributed by atoms with Crippen LogP contribution in [0.5, 0.6) is 5.75 Å². The van der Waals surface area contributed by atoms with Gasteiger partial charge < -0.3 is 9.64 Å². The van der Waals surface area contributed by atoms with Gasteiger partial charge in [0.05, 0.1) is 27.7 Å². The molecule has 0 spiro atoms. The number of thiophene rings is 1. The summed E-state index contributed by atoms with van der Waals surface area (Å²) in [7, 11) is -3.70. The Bertz CT molecular complexity index is 1480. The highest BCUT2D eigenvalue weighted by Crippen LogP contribution is 2.36. The first kappa shape index (κ1) is 22.4. The highest BCUT2D eigenvalue weighted by Gasteiger charge is 2.27. The maximum absolute atomic E-state index is 13.4. The maximum Gasteiger partial charge on any atom is 0.268 e. The quantitative estimate of drug-likeness (QED) is 0.371. The van der Waals surface area contributed by atoms with Gasteiger partial charge in [-0.05, 0) is 67.8 Å². The number of ether oxygens (including phenoxy) is 1. The summed E-state index contributed by atoms with van der Waals surface area (Å²) in [6, 6.07) is 21.7. The standard InChI is InChI=1S/C26H24N2O4S2/c1-3-28(34(30,31)21-11-8-18(2)9-12-21)20-10-13-24-19(16-20)17-25(33-24)26(29)27-14-15-32-23-7-5-4-6-22(23)27/h4-13,16-17H,3,14-15H2,1-2H3. The van der Waals surface area contributed by atoms with Gasteiger partial charge in [0.25, 0.3) is 15.9 Å². The summed E-state index contributed by atoms with van der Waals surface area (Å²) < 4.78 is 34.6. The largest absolute Gasteiger partial charge is 0.490 e. The summed E-state index contributed by atoms with van der Waals surface area (Å²) in [4.78, 5) is 16.0. The third kappa shape index (κ3) is 3.93. The van der Waals surface area contributed by atoms with Gasteiger partial charge in [-0.1, -0.05) is 29.8 Å². The van der Waals surface area contributed by atoms with E-state index in [9.17, 15) is 13.2 Å². The van der Waals surface area contributed by atoms with Crippen molar-refractivity contribution in [1.29, 1.82) is 0 Å². The van der Waals surface area contributed by atoms with E-state index in [1.54, 1.807) is 35.2 Å². The number of aryl methyl sites for hydroxylation is 1. The molecule has 2 heterocycles. The Balaban J connectivity index is 1.48. The van der Waals surface area contributed by atoms with E-state index < -0.39 is 10.0 Å². The number of benzene rings is 3. The average Bonchev–Trinajstić information content (AvgIpc) is 3.27. The minimum Gasteiger partial charge on any atom is -0.490 e. The number of carbonyl (C=O) groups excluding carboxylic acids is 1. The molecule has 34 heavy (non-hydrogen) atoms. The van der Waals surface area contributed by atoms with Crippen LogP contribution in [0.1, 0.15) is 22.2 Å². The SMILES string of the molecule is CCN(c1ccc2sc(C(=O)N3CCOc4ccccc43)cc2c1)S(=O)(=O)c1ccc(C)cc1. The second kappa shape index (κ2) is 8.77. The molecule has 174 valence electrons. The summed E-state index contributed by atoms with van der Waals surface area (Å²) in [6.45, 7) is 4.96. The molecule has 0 bridgehead atoms. The molecule has 0 unspecified atom stereocenters. The molecule has 0 fully saturated rings. The number of para-hydroxylation sites is 2. The van der Waals surface area contributed by atoms with Gasteiger partial charge in [-0.25, -0.2) is 8.42 Å². The molecule has 0 aliphatic carbocycles. The van der Waals surface area contributed by atoms with Gasteiger partial charge in [0, 0.05) is 11.2 Å². The third-order valence-corrected chi connectivity index (χ3v) is 8.89. The van der Waals surface area contributed by atoms with Gasteiger partial charge in [-0.15, -0.1) is 11.3 Å². The Kier molecular flexibility index (Phi) is 5.79. The lowest BCUT2D eigenvalue weighted by Gasteiger charge is -2.29. The van der Waals surface area contributed by atoms with Crippen molar-refractivity contribution >= 4 is 48.7 Å². The van der Waals surface area contributed by atoms with Crippen LogP contribution in [0.2, 0.25) is 0 Å². The lowest BCUT2D eigenvalue weighted by atomic mass is 10.2. The number of hydrogen-bond donors (Lipinski definition) is 0. The van der Waals surface area contributed by atoms with Crippen molar-refractivity contribution in [3.63, 3.8) is 0 Å². The number of fused-ring (bicyclic) bond motifs is 2. The summed E-state index contributed by atoms with van der Waals surface area (Å²) >= 11 is 1.41. The van der Waals surface area contributed by atoms with Crippen molar-refractivity contribution in [1.82, 2.24) is 0 Å². The first-order valence-corrected chi connectivity index (χ1v) is 13.3. The molecular weight excluding hydrogens is 468 g/mol. The van der Waals surface area contributed by atoms with Gasteiger partial charge in [-0.3, -0.25) is 9.10 Å². The van der Waals surface area contributed by atoms with Crippen LogP contribution in [0.4, 0.5) is 11.4 Å². The number of rotatable bonds is 5. The molecule has 1 aliphatic heterocycles. The zero-order chi connectivity index (χ0) is 23.9. The number of hydrogen-bond acceptors (Lipinski definition) is 5. The van der Waals surface area contributed by atoms with Crippen LogP contribution in [0.3, 0.4) is 0 Å². The molecule has 1 aliphatic rings. The molecule has 1 amide bonds. The number of carbonyl (C=O) groups is 1. The van der Waals surface area contributed by atoms with E-state index >= 15 is 0 Å². The van der Waals surface area contributed by atoms with E-state index in [1.165, 1.54) is 15.6 Å². The Morgan fingerprint density at radius 2 is 1.82 bits per heavy atom. The maximum atomic E-state index is 13.4. The Hall–Kier alpha value is -3.36. The Morgan fingerprint density at radius 3 is 2.59 bits per heavy atom. The second-order valence-electron chi connectivity index (χ2n) is 8.09. The van der Waals surface area contributed by atoms with Crippen LogP contribution < -0.4 is 13.9 Å². The number of sulfonamides is 1. The van der Waals surface area contributed by atoms with E-state index in [1.807, 2.05) is 56.3 Å². The molecule has 4 aromatic rings. The topological polar surface area (TPSA) is 66.9 Å². The number of anilines is 2. The van der Waals surface area contributed by atoms with E-state index in [0.717, 1.165) is 21.3 Å². The first-order valence-electron chi connectivity index (χ1n) is 11.0. The number of nitrogens with zero attached hydrogens (tertiary/aromatic N) is 2. The molecule has 5 rings (SSSR count). The fraction of sp³-hybridized carbons (Fsp3) is 0.192. The average molecular weight is 493 g/mol. The first-order chi connectivity index (χ1) is 16.4. The Morgan fingerprint density at radius 1 is 1.06 bits per heavy atom.